The van der Waals surface area contributed by atoms with Crippen LogP contribution in [0.1, 0.15) is 5.56 Å². The second-order valence-electron chi connectivity index (χ2n) is 4.50. The SMILES string of the molecule is Cc1ccccc1-c1nc2nc3ccccn3c2o1. The van der Waals surface area contributed by atoms with Gasteiger partial charge in [0, 0.05) is 11.8 Å². The predicted molar refractivity (Wildman–Crippen MR) is 72.9 cm³/mol. The quantitative estimate of drug-likeness (QED) is 0.519. The van der Waals surface area contributed by atoms with Gasteiger partial charge in [0.1, 0.15) is 5.65 Å². The summed E-state index contributed by atoms with van der Waals surface area (Å²) in [6, 6.07) is 13.9. The molecule has 0 atom stereocenters. The van der Waals surface area contributed by atoms with E-state index in [1.54, 1.807) is 0 Å². The molecule has 0 aliphatic heterocycles. The molecule has 0 unspecified atom stereocenters. The van der Waals surface area contributed by atoms with Crippen LogP contribution in [0.5, 0.6) is 0 Å². The summed E-state index contributed by atoms with van der Waals surface area (Å²) in [4.78, 5) is 8.93. The van der Waals surface area contributed by atoms with Crippen molar-refractivity contribution >= 4 is 17.0 Å². The van der Waals surface area contributed by atoms with E-state index >= 15 is 0 Å². The molecule has 0 radical (unpaired) electrons. The molecular formula is C15H11N3O. The highest BCUT2D eigenvalue weighted by Crippen LogP contribution is 2.26. The zero-order valence-corrected chi connectivity index (χ0v) is 10.4. The van der Waals surface area contributed by atoms with Gasteiger partial charge in [0.15, 0.2) is 0 Å². The van der Waals surface area contributed by atoms with E-state index in [0.29, 0.717) is 17.3 Å². The first-order valence-corrected chi connectivity index (χ1v) is 6.12. The van der Waals surface area contributed by atoms with E-state index in [2.05, 4.69) is 9.97 Å². The van der Waals surface area contributed by atoms with Crippen molar-refractivity contribution in [2.24, 2.45) is 0 Å². The van der Waals surface area contributed by atoms with Gasteiger partial charge in [0.25, 0.3) is 5.71 Å². The van der Waals surface area contributed by atoms with Crippen molar-refractivity contribution in [3.63, 3.8) is 0 Å². The highest BCUT2D eigenvalue weighted by molar-refractivity contribution is 5.75. The Morgan fingerprint density at radius 3 is 2.74 bits per heavy atom. The minimum absolute atomic E-state index is 0.619. The van der Waals surface area contributed by atoms with Crippen molar-refractivity contribution in [3.05, 3.63) is 54.2 Å². The first-order chi connectivity index (χ1) is 9.33. The van der Waals surface area contributed by atoms with Gasteiger partial charge in [0.05, 0.1) is 0 Å². The van der Waals surface area contributed by atoms with Crippen LogP contribution in [-0.2, 0) is 0 Å². The number of oxazole rings is 1. The maximum absolute atomic E-state index is 5.88. The van der Waals surface area contributed by atoms with Crippen LogP contribution >= 0.6 is 0 Å². The summed E-state index contributed by atoms with van der Waals surface area (Å²) in [6.45, 7) is 2.04. The molecule has 19 heavy (non-hydrogen) atoms. The van der Waals surface area contributed by atoms with Gasteiger partial charge < -0.3 is 4.42 Å². The predicted octanol–water partition coefficient (Wildman–Crippen LogP) is 3.45. The van der Waals surface area contributed by atoms with E-state index < -0.39 is 0 Å². The lowest BCUT2D eigenvalue weighted by Gasteiger charge is -1.99. The molecule has 4 aromatic rings. The van der Waals surface area contributed by atoms with Crippen LogP contribution in [0.3, 0.4) is 0 Å². The van der Waals surface area contributed by atoms with Gasteiger partial charge in [-0.2, -0.15) is 4.98 Å². The van der Waals surface area contributed by atoms with Crippen LogP contribution in [-0.4, -0.2) is 14.4 Å². The van der Waals surface area contributed by atoms with Crippen LogP contribution in [0.15, 0.2) is 53.1 Å². The van der Waals surface area contributed by atoms with Gasteiger partial charge in [-0.15, -0.1) is 0 Å². The molecule has 0 N–H and O–H groups in total. The fourth-order valence-corrected chi connectivity index (χ4v) is 2.27. The Bertz CT molecular complexity index is 889. The van der Waals surface area contributed by atoms with Crippen LogP contribution in [0, 0.1) is 6.92 Å². The molecule has 0 spiro atoms. The molecule has 92 valence electrons. The van der Waals surface area contributed by atoms with Crippen LogP contribution in [0.25, 0.3) is 28.5 Å². The zero-order valence-electron chi connectivity index (χ0n) is 10.4. The van der Waals surface area contributed by atoms with Crippen molar-refractivity contribution in [1.82, 2.24) is 14.4 Å². The Kier molecular flexibility index (Phi) is 2.00. The van der Waals surface area contributed by atoms with Crippen LogP contribution in [0.4, 0.5) is 0 Å². The largest absolute Gasteiger partial charge is 0.417 e. The number of nitrogens with zero attached hydrogens (tertiary/aromatic N) is 3. The average molecular weight is 249 g/mol. The fraction of sp³-hybridized carbons (Fsp3) is 0.0667. The number of hydrogen-bond donors (Lipinski definition) is 0. The van der Waals surface area contributed by atoms with Gasteiger partial charge in [0.2, 0.25) is 11.5 Å². The molecule has 0 saturated heterocycles. The van der Waals surface area contributed by atoms with Crippen molar-refractivity contribution in [2.45, 2.75) is 6.92 Å². The average Bonchev–Trinajstić information content (AvgIpc) is 2.96. The van der Waals surface area contributed by atoms with Gasteiger partial charge in [-0.05, 0) is 30.7 Å². The molecule has 3 heterocycles. The number of rotatable bonds is 1. The Hall–Kier alpha value is -2.62. The molecule has 0 amide bonds. The third-order valence-electron chi connectivity index (χ3n) is 3.25. The molecule has 1 aromatic carbocycles. The highest BCUT2D eigenvalue weighted by Gasteiger charge is 2.14. The lowest BCUT2D eigenvalue weighted by molar-refractivity contribution is 0.602. The van der Waals surface area contributed by atoms with Gasteiger partial charge in [-0.3, -0.25) is 4.40 Å². The Balaban J connectivity index is 2.00. The smallest absolute Gasteiger partial charge is 0.253 e. The van der Waals surface area contributed by atoms with Crippen molar-refractivity contribution in [2.75, 3.05) is 0 Å². The van der Waals surface area contributed by atoms with Crippen LogP contribution in [0.2, 0.25) is 0 Å². The monoisotopic (exact) mass is 249 g/mol. The van der Waals surface area contributed by atoms with Gasteiger partial charge in [-0.1, -0.05) is 24.3 Å². The Labute approximate surface area is 109 Å². The van der Waals surface area contributed by atoms with Crippen molar-refractivity contribution in [1.29, 1.82) is 0 Å². The Morgan fingerprint density at radius 2 is 1.84 bits per heavy atom. The summed E-state index contributed by atoms with van der Waals surface area (Å²) in [5, 5.41) is 0. The molecule has 4 nitrogen and oxygen atoms in total. The summed E-state index contributed by atoms with van der Waals surface area (Å²) in [6.07, 6.45) is 1.93. The highest BCUT2D eigenvalue weighted by atomic mass is 16.4. The number of benzene rings is 1. The molecule has 0 aliphatic rings. The van der Waals surface area contributed by atoms with Gasteiger partial charge >= 0.3 is 0 Å². The summed E-state index contributed by atoms with van der Waals surface area (Å²) < 4.78 is 7.78. The van der Waals surface area contributed by atoms with E-state index in [1.807, 2.05) is 60.0 Å². The van der Waals surface area contributed by atoms with Crippen molar-refractivity contribution < 1.29 is 4.42 Å². The molecule has 4 heteroatoms. The summed E-state index contributed by atoms with van der Waals surface area (Å²) in [7, 11) is 0. The maximum atomic E-state index is 5.88. The summed E-state index contributed by atoms with van der Waals surface area (Å²) in [5.74, 6) is 0.619. The number of aryl methyl sites for hydroxylation is 1. The molecule has 4 rings (SSSR count). The first-order valence-electron chi connectivity index (χ1n) is 6.12. The summed E-state index contributed by atoms with van der Waals surface area (Å²) in [5.41, 5.74) is 4.32. The van der Waals surface area contributed by atoms with E-state index in [1.165, 1.54) is 0 Å². The first kappa shape index (κ1) is 10.3. The second kappa shape index (κ2) is 3.68. The molecule has 0 fully saturated rings. The van der Waals surface area contributed by atoms with E-state index in [-0.39, 0.29) is 0 Å². The zero-order chi connectivity index (χ0) is 12.8. The minimum atomic E-state index is 0.619. The van der Waals surface area contributed by atoms with E-state index in [9.17, 15) is 0 Å². The minimum Gasteiger partial charge on any atom is -0.417 e. The second-order valence-corrected chi connectivity index (χ2v) is 4.50. The number of aromatic nitrogens is 3. The maximum Gasteiger partial charge on any atom is 0.253 e. The third-order valence-corrected chi connectivity index (χ3v) is 3.25. The number of pyridine rings is 1. The third kappa shape index (κ3) is 1.46. The lowest BCUT2D eigenvalue weighted by Crippen LogP contribution is -1.84. The molecule has 0 bridgehead atoms. The van der Waals surface area contributed by atoms with Crippen molar-refractivity contribution in [3.8, 4) is 11.5 Å². The van der Waals surface area contributed by atoms with E-state index in [0.717, 1.165) is 16.8 Å². The molecular weight excluding hydrogens is 238 g/mol. The Morgan fingerprint density at radius 1 is 1.00 bits per heavy atom. The molecule has 0 saturated carbocycles. The topological polar surface area (TPSA) is 43.3 Å². The molecule has 0 aliphatic carbocycles. The van der Waals surface area contributed by atoms with Crippen LogP contribution < -0.4 is 0 Å². The molecule has 3 aromatic heterocycles. The summed E-state index contributed by atoms with van der Waals surface area (Å²) >= 11 is 0. The standard InChI is InChI=1S/C15H11N3O/c1-10-6-2-3-7-11(10)14-17-13-15(19-14)18-9-5-4-8-12(18)16-13/h2-9H,1H3. The number of imidazole rings is 1. The normalized spacial score (nSPS) is 11.4. The lowest BCUT2D eigenvalue weighted by atomic mass is 10.1. The fourth-order valence-electron chi connectivity index (χ4n) is 2.27. The van der Waals surface area contributed by atoms with E-state index in [4.69, 9.17) is 4.42 Å². The number of fused-ring (bicyclic) bond motifs is 3. The van der Waals surface area contributed by atoms with Gasteiger partial charge in [-0.25, -0.2) is 4.98 Å². The number of hydrogen-bond acceptors (Lipinski definition) is 3.